The average molecular weight is 348 g/mol. The van der Waals surface area contributed by atoms with Gasteiger partial charge in [0.25, 0.3) is 5.56 Å². The summed E-state index contributed by atoms with van der Waals surface area (Å²) in [6.45, 7) is 0. The Labute approximate surface area is 130 Å². The Morgan fingerprint density at radius 2 is 2.13 bits per heavy atom. The van der Waals surface area contributed by atoms with Crippen LogP contribution in [0.25, 0.3) is 0 Å². The molecule has 23 heavy (non-hydrogen) atoms. The van der Waals surface area contributed by atoms with Crippen molar-refractivity contribution >= 4 is 7.60 Å². The second-order valence-corrected chi connectivity index (χ2v) is 6.58. The minimum absolute atomic E-state index is 0.584. The molecule has 0 radical (unpaired) electrons. The van der Waals surface area contributed by atoms with Gasteiger partial charge in [-0.25, -0.2) is 4.79 Å². The van der Waals surface area contributed by atoms with E-state index in [1.165, 1.54) is 19.4 Å². The first-order valence-electron chi connectivity index (χ1n) is 6.54. The molecule has 0 amide bonds. The molecule has 11 heteroatoms. The number of aromatic nitrogens is 2. The van der Waals surface area contributed by atoms with Crippen molar-refractivity contribution in [3.05, 3.63) is 45.0 Å². The molecular weight excluding hydrogens is 331 g/mol. The quantitative estimate of drug-likeness (QED) is 0.585. The van der Waals surface area contributed by atoms with Gasteiger partial charge >= 0.3 is 13.3 Å². The smallest absolute Gasteiger partial charge is 0.351 e. The number of hydrogen-bond donors (Lipinski definition) is 3. The highest BCUT2D eigenvalue weighted by Crippen LogP contribution is 2.43. The summed E-state index contributed by atoms with van der Waals surface area (Å²) < 4.78 is 27.5. The van der Waals surface area contributed by atoms with Crippen LogP contribution in [0, 0.1) is 0 Å². The van der Waals surface area contributed by atoms with E-state index >= 15 is 0 Å². The summed E-state index contributed by atoms with van der Waals surface area (Å²) in [5.41, 5.74) is -1.34. The van der Waals surface area contributed by atoms with E-state index in [4.69, 9.17) is 9.47 Å². The Bertz CT molecular complexity index is 741. The number of aromatic amines is 1. The highest BCUT2D eigenvalue weighted by molar-refractivity contribution is 7.56. The van der Waals surface area contributed by atoms with E-state index in [-0.39, 0.29) is 0 Å². The van der Waals surface area contributed by atoms with E-state index in [9.17, 15) is 24.2 Å². The van der Waals surface area contributed by atoms with Crippen LogP contribution in [0.3, 0.4) is 0 Å². The topological polar surface area (TPSA) is 140 Å². The van der Waals surface area contributed by atoms with Gasteiger partial charge in [0.15, 0.2) is 6.23 Å². The Balaban J connectivity index is 2.30. The molecule has 5 atom stereocenters. The van der Waals surface area contributed by atoms with Gasteiger partial charge in [0.05, 0.1) is 0 Å². The average Bonchev–Trinajstić information content (AvgIpc) is 2.81. The Morgan fingerprint density at radius 3 is 2.70 bits per heavy atom. The van der Waals surface area contributed by atoms with Gasteiger partial charge in [-0.2, -0.15) is 0 Å². The van der Waals surface area contributed by atoms with Crippen LogP contribution in [0.4, 0.5) is 0 Å². The predicted molar refractivity (Wildman–Crippen MR) is 78.0 cm³/mol. The van der Waals surface area contributed by atoms with Crippen LogP contribution in [0.2, 0.25) is 0 Å². The fourth-order valence-electron chi connectivity index (χ4n) is 2.22. The molecule has 0 spiro atoms. The molecule has 1 aliphatic heterocycles. The van der Waals surface area contributed by atoms with Crippen molar-refractivity contribution in [1.82, 2.24) is 9.55 Å². The number of ether oxygens (including phenoxy) is 2. The van der Waals surface area contributed by atoms with Crippen LogP contribution >= 0.6 is 7.60 Å². The second kappa shape index (κ2) is 6.91. The number of hydrogen-bond acceptors (Lipinski definition) is 7. The maximum Gasteiger partial charge on any atom is 0.351 e. The third kappa shape index (κ3) is 3.86. The fourth-order valence-corrected chi connectivity index (χ4v) is 2.73. The lowest BCUT2D eigenvalue weighted by Crippen LogP contribution is -2.38. The molecule has 1 saturated heterocycles. The van der Waals surface area contributed by atoms with Crippen LogP contribution < -0.4 is 11.2 Å². The van der Waals surface area contributed by atoms with E-state index in [1.807, 2.05) is 4.98 Å². The van der Waals surface area contributed by atoms with E-state index in [1.54, 1.807) is 0 Å². The Morgan fingerprint density at radius 1 is 1.43 bits per heavy atom. The lowest BCUT2D eigenvalue weighted by atomic mass is 10.1. The largest absolute Gasteiger partial charge is 0.386 e. The van der Waals surface area contributed by atoms with Gasteiger partial charge in [-0.15, -0.1) is 0 Å². The number of aliphatic hydroxyl groups excluding tert-OH is 1. The van der Waals surface area contributed by atoms with E-state index in [0.29, 0.717) is 0 Å². The van der Waals surface area contributed by atoms with Crippen LogP contribution in [0.5, 0.6) is 0 Å². The molecule has 0 bridgehead atoms. The van der Waals surface area contributed by atoms with Crippen molar-refractivity contribution in [3.8, 4) is 0 Å². The van der Waals surface area contributed by atoms with Crippen LogP contribution in [0.15, 0.2) is 33.7 Å². The minimum atomic E-state index is -3.90. The second-order valence-electron chi connectivity index (χ2n) is 4.79. The lowest BCUT2D eigenvalue weighted by molar-refractivity contribution is -0.0315. The highest BCUT2D eigenvalue weighted by atomic mass is 31.2. The number of rotatable bonds is 5. The van der Waals surface area contributed by atoms with Gasteiger partial charge in [0.1, 0.15) is 18.3 Å². The Kier molecular flexibility index (Phi) is 5.35. The number of H-pyrrole nitrogens is 1. The molecule has 0 aromatic carbocycles. The van der Waals surface area contributed by atoms with E-state index < -0.39 is 43.4 Å². The summed E-state index contributed by atoms with van der Waals surface area (Å²) >= 11 is 0. The van der Waals surface area contributed by atoms with Gasteiger partial charge in [0.2, 0.25) is 0 Å². The maximum atomic E-state index is 11.8. The zero-order valence-electron chi connectivity index (χ0n) is 12.4. The zero-order valence-corrected chi connectivity index (χ0v) is 13.3. The lowest BCUT2D eigenvalue weighted by Gasteiger charge is -2.17. The van der Waals surface area contributed by atoms with Crippen molar-refractivity contribution in [2.24, 2.45) is 0 Å². The molecule has 10 nitrogen and oxygen atoms in total. The molecule has 1 aliphatic rings. The molecule has 128 valence electrons. The third-order valence-corrected chi connectivity index (χ3v) is 4.44. The summed E-state index contributed by atoms with van der Waals surface area (Å²) in [5.74, 6) is 0.911. The van der Waals surface area contributed by atoms with Gasteiger partial charge in [-0.1, -0.05) is 0 Å². The van der Waals surface area contributed by atoms with Gasteiger partial charge in [0, 0.05) is 32.3 Å². The van der Waals surface area contributed by atoms with Crippen molar-refractivity contribution in [2.75, 3.05) is 14.2 Å². The SMILES string of the molecule is COC1[C@@H](/C=C/P(=O)(O)OC)O[C@@H](n2ccc(=O)[nH]c2=O)[C@H]1O. The molecule has 1 fully saturated rings. The van der Waals surface area contributed by atoms with Crippen molar-refractivity contribution in [1.29, 1.82) is 0 Å². The number of methoxy groups -OCH3 is 1. The van der Waals surface area contributed by atoms with Crippen LogP contribution in [-0.4, -0.2) is 52.1 Å². The minimum Gasteiger partial charge on any atom is -0.386 e. The standard InChI is InChI=1S/C12H17N2O8P/c1-20-10-7(4-6-23(18,19)21-2)22-11(9(10)16)14-5-3-8(15)13-12(14)17/h3-7,9-11,16H,1-2H3,(H,18,19)(H,13,15,17)/b6-4+/t7-,9+,10?,11-/m1/s1. The molecule has 1 aromatic rings. The summed E-state index contributed by atoms with van der Waals surface area (Å²) in [6.07, 6.45) is -1.74. The molecule has 2 heterocycles. The van der Waals surface area contributed by atoms with Crippen molar-refractivity contribution < 1.29 is 28.6 Å². The van der Waals surface area contributed by atoms with Crippen molar-refractivity contribution in [2.45, 2.75) is 24.5 Å². The number of nitrogens with zero attached hydrogens (tertiary/aromatic N) is 1. The molecular formula is C12H17N2O8P. The third-order valence-electron chi connectivity index (χ3n) is 3.37. The normalized spacial score (nSPS) is 30.6. The predicted octanol–water partition coefficient (Wildman–Crippen LogP) is -0.845. The highest BCUT2D eigenvalue weighted by Gasteiger charge is 2.44. The summed E-state index contributed by atoms with van der Waals surface area (Å²) in [5, 5.41) is 10.3. The van der Waals surface area contributed by atoms with Crippen LogP contribution in [0.1, 0.15) is 6.23 Å². The van der Waals surface area contributed by atoms with E-state index in [2.05, 4.69) is 4.52 Å². The van der Waals surface area contributed by atoms with Crippen LogP contribution in [-0.2, 0) is 18.6 Å². The summed E-state index contributed by atoms with van der Waals surface area (Å²) in [7, 11) is -1.50. The zero-order chi connectivity index (χ0) is 17.2. The molecule has 3 N–H and O–H groups in total. The molecule has 0 aliphatic carbocycles. The van der Waals surface area contributed by atoms with Gasteiger partial charge in [-0.3, -0.25) is 18.9 Å². The molecule has 2 rings (SSSR count). The van der Waals surface area contributed by atoms with E-state index in [0.717, 1.165) is 23.6 Å². The first-order chi connectivity index (χ1) is 10.8. The molecule has 0 saturated carbocycles. The monoisotopic (exact) mass is 348 g/mol. The molecule has 2 unspecified atom stereocenters. The summed E-state index contributed by atoms with van der Waals surface area (Å²) in [6, 6.07) is 1.11. The first-order valence-corrected chi connectivity index (χ1v) is 8.19. The molecule has 1 aromatic heterocycles. The van der Waals surface area contributed by atoms with Gasteiger partial charge < -0.3 is 24.0 Å². The first kappa shape index (κ1) is 17.8. The van der Waals surface area contributed by atoms with Gasteiger partial charge in [-0.05, 0) is 6.08 Å². The number of nitrogens with one attached hydrogen (secondary N) is 1. The Hall–Kier alpha value is -1.55. The maximum absolute atomic E-state index is 11.8. The fraction of sp³-hybridized carbons (Fsp3) is 0.500. The number of aliphatic hydroxyl groups is 1. The van der Waals surface area contributed by atoms with Crippen molar-refractivity contribution in [3.63, 3.8) is 0 Å². The summed E-state index contributed by atoms with van der Waals surface area (Å²) in [4.78, 5) is 34.3.